The van der Waals surface area contributed by atoms with Crippen molar-refractivity contribution < 1.29 is 14.7 Å². The molecule has 2 rings (SSSR count). The lowest BCUT2D eigenvalue weighted by Crippen LogP contribution is -2.44. The molecule has 0 radical (unpaired) electrons. The molecule has 5 nitrogen and oxygen atoms in total. The molecule has 0 aliphatic heterocycles. The molecule has 1 aromatic heterocycles. The number of carbonyl (C=O) groups is 2. The van der Waals surface area contributed by atoms with Gasteiger partial charge >= 0.3 is 5.97 Å². The highest BCUT2D eigenvalue weighted by atomic mass is 16.4. The molecule has 0 bridgehead atoms. The minimum Gasteiger partial charge on any atom is -0.481 e. The summed E-state index contributed by atoms with van der Waals surface area (Å²) >= 11 is 0. The summed E-state index contributed by atoms with van der Waals surface area (Å²) in [4.78, 5) is 25.9. The Hall–Kier alpha value is -2.30. The van der Waals surface area contributed by atoms with Crippen molar-refractivity contribution in [2.45, 2.75) is 25.8 Å². The van der Waals surface area contributed by atoms with Crippen molar-refractivity contribution in [1.82, 2.24) is 10.3 Å². The number of hydrogen-bond acceptors (Lipinski definition) is 2. The molecule has 0 saturated carbocycles. The van der Waals surface area contributed by atoms with E-state index in [9.17, 15) is 9.59 Å². The minimum atomic E-state index is -0.941. The SMILES string of the molecule is CC(C)(CC(=O)O)NC(=O)c1c[nH]c2ccccc12. The van der Waals surface area contributed by atoms with E-state index in [0.29, 0.717) is 5.56 Å². The number of nitrogens with one attached hydrogen (secondary N) is 2. The first-order chi connectivity index (χ1) is 8.89. The van der Waals surface area contributed by atoms with Crippen LogP contribution in [0.1, 0.15) is 30.6 Å². The van der Waals surface area contributed by atoms with Gasteiger partial charge in [0.05, 0.1) is 12.0 Å². The molecule has 19 heavy (non-hydrogen) atoms. The van der Waals surface area contributed by atoms with Gasteiger partial charge in [-0.2, -0.15) is 0 Å². The van der Waals surface area contributed by atoms with Crippen LogP contribution in [0.4, 0.5) is 0 Å². The van der Waals surface area contributed by atoms with Crippen LogP contribution in [0.25, 0.3) is 10.9 Å². The van der Waals surface area contributed by atoms with Crippen molar-refractivity contribution in [2.75, 3.05) is 0 Å². The number of aromatic nitrogens is 1. The molecule has 1 aromatic carbocycles. The Kier molecular flexibility index (Phi) is 3.29. The molecule has 1 heterocycles. The second-order valence-corrected chi connectivity index (χ2v) is 5.16. The van der Waals surface area contributed by atoms with Crippen molar-refractivity contribution in [3.8, 4) is 0 Å². The van der Waals surface area contributed by atoms with Gasteiger partial charge in [0, 0.05) is 22.6 Å². The average molecular weight is 260 g/mol. The molecule has 0 spiro atoms. The third kappa shape index (κ3) is 2.93. The molecule has 0 saturated heterocycles. The Morgan fingerprint density at radius 3 is 2.68 bits per heavy atom. The van der Waals surface area contributed by atoms with Crippen molar-refractivity contribution in [3.63, 3.8) is 0 Å². The number of H-pyrrole nitrogens is 1. The van der Waals surface area contributed by atoms with Gasteiger partial charge in [-0.3, -0.25) is 9.59 Å². The zero-order chi connectivity index (χ0) is 14.0. The van der Waals surface area contributed by atoms with E-state index in [2.05, 4.69) is 10.3 Å². The van der Waals surface area contributed by atoms with E-state index in [1.54, 1.807) is 20.0 Å². The average Bonchev–Trinajstić information content (AvgIpc) is 2.69. The van der Waals surface area contributed by atoms with Gasteiger partial charge in [0.1, 0.15) is 0 Å². The van der Waals surface area contributed by atoms with Gasteiger partial charge in [0.15, 0.2) is 0 Å². The van der Waals surface area contributed by atoms with Crippen LogP contribution in [-0.4, -0.2) is 27.5 Å². The minimum absolute atomic E-state index is 0.124. The summed E-state index contributed by atoms with van der Waals surface area (Å²) in [6.45, 7) is 3.38. The van der Waals surface area contributed by atoms with Crippen molar-refractivity contribution in [3.05, 3.63) is 36.0 Å². The number of amides is 1. The van der Waals surface area contributed by atoms with Gasteiger partial charge in [0.2, 0.25) is 0 Å². The van der Waals surface area contributed by atoms with E-state index in [1.165, 1.54) is 0 Å². The Morgan fingerprint density at radius 2 is 2.00 bits per heavy atom. The lowest BCUT2D eigenvalue weighted by molar-refractivity contribution is -0.138. The fourth-order valence-electron chi connectivity index (χ4n) is 2.06. The summed E-state index contributed by atoms with van der Waals surface area (Å²) in [5.41, 5.74) is 0.610. The van der Waals surface area contributed by atoms with Gasteiger partial charge in [-0.1, -0.05) is 18.2 Å². The summed E-state index contributed by atoms with van der Waals surface area (Å²) in [5, 5.41) is 12.4. The molecular formula is C14H16N2O3. The number of carboxylic acid groups (broad SMARTS) is 1. The highest BCUT2D eigenvalue weighted by molar-refractivity contribution is 6.07. The molecule has 3 N–H and O–H groups in total. The number of aliphatic carboxylic acids is 1. The maximum atomic E-state index is 12.2. The van der Waals surface area contributed by atoms with E-state index in [0.717, 1.165) is 10.9 Å². The summed E-state index contributed by atoms with van der Waals surface area (Å²) in [6.07, 6.45) is 1.51. The number of carbonyl (C=O) groups excluding carboxylic acids is 1. The number of carboxylic acids is 1. The van der Waals surface area contributed by atoms with E-state index >= 15 is 0 Å². The Balaban J connectivity index is 2.23. The number of fused-ring (bicyclic) bond motifs is 1. The highest BCUT2D eigenvalue weighted by Gasteiger charge is 2.25. The summed E-state index contributed by atoms with van der Waals surface area (Å²) in [5.74, 6) is -1.21. The third-order valence-electron chi connectivity index (χ3n) is 2.88. The number of para-hydroxylation sites is 1. The predicted octanol–water partition coefficient (Wildman–Crippen LogP) is 2.15. The lowest BCUT2D eigenvalue weighted by Gasteiger charge is -2.24. The zero-order valence-electron chi connectivity index (χ0n) is 10.9. The molecule has 0 aliphatic carbocycles. The zero-order valence-corrected chi connectivity index (χ0v) is 10.9. The molecule has 0 aliphatic rings. The van der Waals surface area contributed by atoms with Crippen LogP contribution in [0, 0.1) is 0 Å². The van der Waals surface area contributed by atoms with Crippen LogP contribution in [-0.2, 0) is 4.79 Å². The molecular weight excluding hydrogens is 244 g/mol. The number of hydrogen-bond donors (Lipinski definition) is 3. The summed E-state index contributed by atoms with van der Waals surface area (Å²) < 4.78 is 0. The second kappa shape index (κ2) is 4.76. The number of aromatic amines is 1. The summed E-state index contributed by atoms with van der Waals surface area (Å²) in [6, 6.07) is 7.48. The quantitative estimate of drug-likeness (QED) is 0.787. The van der Waals surface area contributed by atoms with Gasteiger partial charge in [-0.25, -0.2) is 0 Å². The Labute approximate surface area is 110 Å². The molecule has 5 heteroatoms. The normalized spacial score (nSPS) is 11.5. The first kappa shape index (κ1) is 13.1. The fourth-order valence-corrected chi connectivity index (χ4v) is 2.06. The fraction of sp³-hybridized carbons (Fsp3) is 0.286. The molecule has 0 fully saturated rings. The Morgan fingerprint density at radius 1 is 1.32 bits per heavy atom. The van der Waals surface area contributed by atoms with E-state index in [-0.39, 0.29) is 12.3 Å². The maximum Gasteiger partial charge on any atom is 0.305 e. The first-order valence-electron chi connectivity index (χ1n) is 5.99. The molecule has 2 aromatic rings. The number of benzene rings is 1. The van der Waals surface area contributed by atoms with Crippen LogP contribution in [0.15, 0.2) is 30.5 Å². The standard InChI is InChI=1S/C14H16N2O3/c1-14(2,7-12(17)18)16-13(19)10-8-15-11-6-4-3-5-9(10)11/h3-6,8,15H,7H2,1-2H3,(H,16,19)(H,17,18). The molecule has 1 amide bonds. The molecule has 0 atom stereocenters. The van der Waals surface area contributed by atoms with Crippen LogP contribution < -0.4 is 5.32 Å². The van der Waals surface area contributed by atoms with Crippen molar-refractivity contribution in [1.29, 1.82) is 0 Å². The Bertz CT molecular complexity index is 628. The molecule has 0 unspecified atom stereocenters. The number of rotatable bonds is 4. The first-order valence-corrected chi connectivity index (χ1v) is 5.99. The van der Waals surface area contributed by atoms with Gasteiger partial charge in [-0.05, 0) is 19.9 Å². The van der Waals surface area contributed by atoms with Crippen LogP contribution in [0.3, 0.4) is 0 Å². The van der Waals surface area contributed by atoms with Gasteiger partial charge in [0.25, 0.3) is 5.91 Å². The highest BCUT2D eigenvalue weighted by Crippen LogP contribution is 2.19. The lowest BCUT2D eigenvalue weighted by atomic mass is 10.00. The largest absolute Gasteiger partial charge is 0.481 e. The van der Waals surface area contributed by atoms with E-state index < -0.39 is 11.5 Å². The van der Waals surface area contributed by atoms with Crippen LogP contribution in [0.2, 0.25) is 0 Å². The van der Waals surface area contributed by atoms with Crippen LogP contribution >= 0.6 is 0 Å². The van der Waals surface area contributed by atoms with Crippen molar-refractivity contribution in [2.24, 2.45) is 0 Å². The maximum absolute atomic E-state index is 12.2. The smallest absolute Gasteiger partial charge is 0.305 e. The monoisotopic (exact) mass is 260 g/mol. The van der Waals surface area contributed by atoms with E-state index in [4.69, 9.17) is 5.11 Å². The van der Waals surface area contributed by atoms with Gasteiger partial charge in [-0.15, -0.1) is 0 Å². The topological polar surface area (TPSA) is 82.2 Å². The summed E-state index contributed by atoms with van der Waals surface area (Å²) in [7, 11) is 0. The molecule has 100 valence electrons. The van der Waals surface area contributed by atoms with Gasteiger partial charge < -0.3 is 15.4 Å². The predicted molar refractivity (Wildman–Crippen MR) is 72.1 cm³/mol. The van der Waals surface area contributed by atoms with Crippen LogP contribution in [0.5, 0.6) is 0 Å². The third-order valence-corrected chi connectivity index (χ3v) is 2.88. The van der Waals surface area contributed by atoms with E-state index in [1.807, 2.05) is 24.3 Å². The van der Waals surface area contributed by atoms with Crippen molar-refractivity contribution >= 4 is 22.8 Å². The second-order valence-electron chi connectivity index (χ2n) is 5.16.